The smallest absolute Gasteiger partial charge is 0.241 e. The van der Waals surface area contributed by atoms with Gasteiger partial charge in [0.1, 0.15) is 19.0 Å². The van der Waals surface area contributed by atoms with Crippen molar-refractivity contribution in [3.8, 4) is 5.75 Å². The zero-order valence-electron chi connectivity index (χ0n) is 10.9. The number of nitrogens with one attached hydrogen (secondary N) is 1. The number of rotatable bonds is 8. The Kier molecular flexibility index (Phi) is 7.28. The fourth-order valence-corrected chi connectivity index (χ4v) is 1.92. The number of alkyl halides is 1. The van der Waals surface area contributed by atoms with Gasteiger partial charge in [-0.3, -0.25) is 4.79 Å². The number of nitrogens with two attached hydrogens (primary N) is 1. The van der Waals surface area contributed by atoms with Gasteiger partial charge in [-0.15, -0.1) is 0 Å². The molecule has 4 nitrogen and oxygen atoms in total. The van der Waals surface area contributed by atoms with Crippen LogP contribution in [0.3, 0.4) is 0 Å². The Labute approximate surface area is 116 Å². The van der Waals surface area contributed by atoms with E-state index in [0.717, 1.165) is 5.75 Å². The Hall–Kier alpha value is -1.27. The molecule has 19 heavy (non-hydrogen) atoms. The summed E-state index contributed by atoms with van der Waals surface area (Å²) in [5.41, 5.74) is 6.36. The van der Waals surface area contributed by atoms with E-state index in [9.17, 15) is 9.18 Å². The van der Waals surface area contributed by atoms with Gasteiger partial charge in [0.25, 0.3) is 0 Å². The number of benzene rings is 1. The number of halogens is 1. The van der Waals surface area contributed by atoms with Crippen LogP contribution in [0.25, 0.3) is 0 Å². The second-order valence-electron chi connectivity index (χ2n) is 3.94. The average Bonchev–Trinajstić information content (AvgIpc) is 2.42. The van der Waals surface area contributed by atoms with Gasteiger partial charge in [-0.2, -0.15) is 11.8 Å². The minimum Gasteiger partial charge on any atom is -0.491 e. The summed E-state index contributed by atoms with van der Waals surface area (Å²) in [4.78, 5) is 11.8. The van der Waals surface area contributed by atoms with Crippen molar-refractivity contribution in [2.45, 2.75) is 12.5 Å². The van der Waals surface area contributed by atoms with Crippen LogP contribution in [0.15, 0.2) is 24.3 Å². The maximum atomic E-state index is 12.0. The number of amides is 1. The standard InChI is InChI=1S/C13H19FN2O2S/c1-19-8-5-12(15)13(17)16-10-3-2-4-11(9-10)18-7-6-14/h2-4,9,12H,5-8,15H2,1H3,(H,16,17)/t12-/m0/s1. The third kappa shape index (κ3) is 5.94. The van der Waals surface area contributed by atoms with Gasteiger partial charge in [-0.05, 0) is 30.6 Å². The lowest BCUT2D eigenvalue weighted by Crippen LogP contribution is -2.36. The molecule has 0 fully saturated rings. The third-order valence-electron chi connectivity index (χ3n) is 2.42. The molecule has 0 unspecified atom stereocenters. The molecule has 0 aliphatic carbocycles. The topological polar surface area (TPSA) is 64.4 Å². The maximum Gasteiger partial charge on any atom is 0.241 e. The molecule has 0 aliphatic rings. The summed E-state index contributed by atoms with van der Waals surface area (Å²) < 4.78 is 17.1. The van der Waals surface area contributed by atoms with Crippen molar-refractivity contribution in [1.29, 1.82) is 0 Å². The van der Waals surface area contributed by atoms with E-state index in [2.05, 4.69) is 5.32 Å². The Morgan fingerprint density at radius 2 is 2.37 bits per heavy atom. The highest BCUT2D eigenvalue weighted by molar-refractivity contribution is 7.98. The Morgan fingerprint density at radius 3 is 3.05 bits per heavy atom. The molecule has 0 bridgehead atoms. The number of carbonyl (C=O) groups is 1. The molecular weight excluding hydrogens is 267 g/mol. The minimum atomic E-state index is -0.545. The normalized spacial score (nSPS) is 11.9. The van der Waals surface area contributed by atoms with Crippen molar-refractivity contribution < 1.29 is 13.9 Å². The summed E-state index contributed by atoms with van der Waals surface area (Å²) in [7, 11) is 0. The Morgan fingerprint density at radius 1 is 1.58 bits per heavy atom. The van der Waals surface area contributed by atoms with E-state index in [0.29, 0.717) is 17.9 Å². The molecule has 3 N–H and O–H groups in total. The molecule has 106 valence electrons. The van der Waals surface area contributed by atoms with Gasteiger partial charge in [-0.25, -0.2) is 4.39 Å². The second-order valence-corrected chi connectivity index (χ2v) is 4.93. The van der Waals surface area contributed by atoms with Gasteiger partial charge in [0.15, 0.2) is 0 Å². The van der Waals surface area contributed by atoms with E-state index in [1.54, 1.807) is 36.0 Å². The highest BCUT2D eigenvalue weighted by Gasteiger charge is 2.13. The molecule has 0 saturated carbocycles. The van der Waals surface area contributed by atoms with Crippen LogP contribution in [-0.2, 0) is 4.79 Å². The van der Waals surface area contributed by atoms with Gasteiger partial charge in [-0.1, -0.05) is 6.07 Å². The molecule has 1 aromatic carbocycles. The molecule has 1 rings (SSSR count). The first-order chi connectivity index (χ1) is 9.17. The first kappa shape index (κ1) is 15.8. The van der Waals surface area contributed by atoms with Crippen molar-refractivity contribution in [1.82, 2.24) is 0 Å². The quantitative estimate of drug-likeness (QED) is 0.767. The first-order valence-electron chi connectivity index (χ1n) is 6.01. The minimum absolute atomic E-state index is 0.00460. The molecule has 6 heteroatoms. The lowest BCUT2D eigenvalue weighted by atomic mass is 10.2. The predicted octanol–water partition coefficient (Wildman–Crippen LogP) is 2.05. The van der Waals surface area contributed by atoms with Crippen molar-refractivity contribution in [2.75, 3.05) is 30.6 Å². The van der Waals surface area contributed by atoms with Gasteiger partial charge in [0.2, 0.25) is 5.91 Å². The van der Waals surface area contributed by atoms with Gasteiger partial charge >= 0.3 is 0 Å². The molecular formula is C13H19FN2O2S. The van der Waals surface area contributed by atoms with Crippen molar-refractivity contribution in [3.05, 3.63) is 24.3 Å². The number of hydrogen-bond acceptors (Lipinski definition) is 4. The van der Waals surface area contributed by atoms with Gasteiger partial charge < -0.3 is 15.8 Å². The van der Waals surface area contributed by atoms with E-state index in [1.165, 1.54) is 0 Å². The highest BCUT2D eigenvalue weighted by atomic mass is 32.2. The highest BCUT2D eigenvalue weighted by Crippen LogP contribution is 2.17. The van der Waals surface area contributed by atoms with E-state index in [-0.39, 0.29) is 12.5 Å². The van der Waals surface area contributed by atoms with Crippen molar-refractivity contribution in [2.24, 2.45) is 5.73 Å². The van der Waals surface area contributed by atoms with Crippen molar-refractivity contribution >= 4 is 23.4 Å². The Balaban J connectivity index is 2.53. The molecule has 0 radical (unpaired) electrons. The van der Waals surface area contributed by atoms with E-state index in [4.69, 9.17) is 10.5 Å². The average molecular weight is 286 g/mol. The van der Waals surface area contributed by atoms with Gasteiger partial charge in [0, 0.05) is 11.8 Å². The van der Waals surface area contributed by atoms with E-state index >= 15 is 0 Å². The van der Waals surface area contributed by atoms with Gasteiger partial charge in [0.05, 0.1) is 6.04 Å². The monoisotopic (exact) mass is 286 g/mol. The summed E-state index contributed by atoms with van der Waals surface area (Å²) in [6, 6.07) is 6.30. The molecule has 0 aliphatic heterocycles. The largest absolute Gasteiger partial charge is 0.491 e. The van der Waals surface area contributed by atoms with E-state index in [1.807, 2.05) is 6.26 Å². The molecule has 1 amide bonds. The summed E-state index contributed by atoms with van der Waals surface area (Å²) >= 11 is 1.65. The number of hydrogen-bond donors (Lipinski definition) is 2. The van der Waals surface area contributed by atoms with Crippen LogP contribution in [0.4, 0.5) is 10.1 Å². The molecule has 1 atom stereocenters. The first-order valence-corrected chi connectivity index (χ1v) is 7.41. The molecule has 0 heterocycles. The molecule has 0 aromatic heterocycles. The molecule has 0 spiro atoms. The number of anilines is 1. The number of ether oxygens (including phenoxy) is 1. The molecule has 1 aromatic rings. The predicted molar refractivity (Wildman–Crippen MR) is 77.5 cm³/mol. The zero-order valence-corrected chi connectivity index (χ0v) is 11.7. The summed E-state index contributed by atoms with van der Waals surface area (Å²) in [5, 5.41) is 2.72. The SMILES string of the molecule is CSCC[C@H](N)C(=O)Nc1cccc(OCCF)c1. The number of thioether (sulfide) groups is 1. The van der Waals surface area contributed by atoms with Crippen LogP contribution in [0.5, 0.6) is 5.75 Å². The van der Waals surface area contributed by atoms with Crippen LogP contribution in [0.1, 0.15) is 6.42 Å². The lowest BCUT2D eigenvalue weighted by molar-refractivity contribution is -0.117. The van der Waals surface area contributed by atoms with Crippen LogP contribution < -0.4 is 15.8 Å². The van der Waals surface area contributed by atoms with Crippen LogP contribution in [0, 0.1) is 0 Å². The van der Waals surface area contributed by atoms with Crippen molar-refractivity contribution in [3.63, 3.8) is 0 Å². The molecule has 0 saturated heterocycles. The van der Waals surface area contributed by atoms with Crippen LogP contribution in [0.2, 0.25) is 0 Å². The zero-order chi connectivity index (χ0) is 14.1. The summed E-state index contributed by atoms with van der Waals surface area (Å²) in [6.07, 6.45) is 2.60. The fraction of sp³-hybridized carbons (Fsp3) is 0.462. The van der Waals surface area contributed by atoms with Crippen LogP contribution >= 0.6 is 11.8 Å². The van der Waals surface area contributed by atoms with Crippen LogP contribution in [-0.4, -0.2) is 37.2 Å². The maximum absolute atomic E-state index is 12.0. The van der Waals surface area contributed by atoms with E-state index < -0.39 is 12.7 Å². The summed E-state index contributed by atoms with van der Waals surface area (Å²) in [6.45, 7) is -0.541. The Bertz CT molecular complexity index is 404. The third-order valence-corrected chi connectivity index (χ3v) is 3.06. The lowest BCUT2D eigenvalue weighted by Gasteiger charge is -2.12. The fourth-order valence-electron chi connectivity index (χ4n) is 1.43. The number of carbonyl (C=O) groups excluding carboxylic acids is 1. The summed E-state index contributed by atoms with van der Waals surface area (Å²) in [5.74, 6) is 1.14. The second kappa shape index (κ2) is 8.77.